The molecule has 4 rings (SSSR count). The number of rotatable bonds is 2. The Balaban J connectivity index is 1.68. The van der Waals surface area contributed by atoms with E-state index in [9.17, 15) is 9.18 Å². The first-order chi connectivity index (χ1) is 12.1. The summed E-state index contributed by atoms with van der Waals surface area (Å²) in [4.78, 5) is 24.0. The molecule has 2 aromatic heterocycles. The first-order valence-electron chi connectivity index (χ1n) is 7.96. The van der Waals surface area contributed by atoms with Crippen LogP contribution in [0, 0.1) is 5.82 Å². The Hall–Kier alpha value is -3.10. The van der Waals surface area contributed by atoms with Crippen LogP contribution in [0.3, 0.4) is 0 Å². The number of carbonyl (C=O) groups is 1. The van der Waals surface area contributed by atoms with E-state index in [1.54, 1.807) is 23.7 Å². The van der Waals surface area contributed by atoms with Crippen LogP contribution in [-0.2, 0) is 4.79 Å². The lowest BCUT2D eigenvalue weighted by Gasteiger charge is -2.34. The minimum Gasteiger partial charge on any atom is -0.351 e. The Bertz CT molecular complexity index is 916. The highest BCUT2D eigenvalue weighted by molar-refractivity contribution is 5.84. The molecule has 0 radical (unpaired) electrons. The van der Waals surface area contributed by atoms with Crippen molar-refractivity contribution < 1.29 is 9.18 Å². The van der Waals surface area contributed by atoms with E-state index in [4.69, 9.17) is 0 Å². The van der Waals surface area contributed by atoms with Crippen LogP contribution in [0.2, 0.25) is 0 Å². The maximum Gasteiger partial charge on any atom is 0.219 e. The Morgan fingerprint density at radius 3 is 2.48 bits per heavy atom. The van der Waals surface area contributed by atoms with Crippen molar-refractivity contribution in [3.05, 3.63) is 36.4 Å². The first kappa shape index (κ1) is 15.4. The van der Waals surface area contributed by atoms with E-state index >= 15 is 0 Å². The molecular formula is C16H16FN7O. The predicted molar refractivity (Wildman–Crippen MR) is 88.9 cm³/mol. The molecule has 9 heteroatoms. The molecule has 1 amide bonds. The molecule has 1 saturated heterocycles. The van der Waals surface area contributed by atoms with Gasteiger partial charge in [-0.25, -0.2) is 14.4 Å². The molecular weight excluding hydrogens is 325 g/mol. The van der Waals surface area contributed by atoms with E-state index < -0.39 is 0 Å². The molecule has 0 saturated carbocycles. The lowest BCUT2D eigenvalue weighted by atomic mass is 10.3. The monoisotopic (exact) mass is 341 g/mol. The number of carbonyl (C=O) groups excluding carboxylic acids is 1. The van der Waals surface area contributed by atoms with Crippen molar-refractivity contribution >= 4 is 22.9 Å². The van der Waals surface area contributed by atoms with Gasteiger partial charge in [0.2, 0.25) is 5.91 Å². The molecule has 1 aromatic carbocycles. The number of hydrogen-bond donors (Lipinski definition) is 0. The maximum absolute atomic E-state index is 13.1. The lowest BCUT2D eigenvalue weighted by Crippen LogP contribution is -2.48. The predicted octanol–water partition coefficient (Wildman–Crippen LogP) is 1.02. The molecule has 0 unspecified atom stereocenters. The summed E-state index contributed by atoms with van der Waals surface area (Å²) >= 11 is 0. The zero-order valence-corrected chi connectivity index (χ0v) is 13.6. The number of aromatic nitrogens is 5. The van der Waals surface area contributed by atoms with Gasteiger partial charge in [0.1, 0.15) is 12.1 Å². The molecule has 0 aliphatic carbocycles. The quantitative estimate of drug-likeness (QED) is 0.692. The highest BCUT2D eigenvalue weighted by atomic mass is 19.1. The summed E-state index contributed by atoms with van der Waals surface area (Å²) in [5.74, 6) is 0.461. The van der Waals surface area contributed by atoms with Gasteiger partial charge in [0, 0.05) is 33.1 Å². The second kappa shape index (κ2) is 6.08. The molecule has 25 heavy (non-hydrogen) atoms. The first-order valence-corrected chi connectivity index (χ1v) is 7.96. The van der Waals surface area contributed by atoms with Gasteiger partial charge in [0.25, 0.3) is 0 Å². The maximum atomic E-state index is 13.1. The highest BCUT2D eigenvalue weighted by Crippen LogP contribution is 2.23. The fourth-order valence-electron chi connectivity index (χ4n) is 2.96. The van der Waals surface area contributed by atoms with E-state index in [1.165, 1.54) is 18.5 Å². The van der Waals surface area contributed by atoms with Gasteiger partial charge in [-0.15, -0.1) is 5.10 Å². The molecule has 1 aliphatic heterocycles. The Kier molecular flexibility index (Phi) is 3.75. The number of benzene rings is 1. The van der Waals surface area contributed by atoms with Gasteiger partial charge >= 0.3 is 0 Å². The Morgan fingerprint density at radius 1 is 1.08 bits per heavy atom. The molecule has 0 spiro atoms. The van der Waals surface area contributed by atoms with Crippen molar-refractivity contribution in [3.63, 3.8) is 0 Å². The average Bonchev–Trinajstić information content (AvgIpc) is 3.06. The van der Waals surface area contributed by atoms with Crippen LogP contribution in [0.25, 0.3) is 16.9 Å². The second-order valence-electron chi connectivity index (χ2n) is 5.84. The average molecular weight is 341 g/mol. The molecule has 128 valence electrons. The summed E-state index contributed by atoms with van der Waals surface area (Å²) in [6.07, 6.45) is 1.47. The van der Waals surface area contributed by atoms with E-state index in [2.05, 4.69) is 25.2 Å². The third-order valence-corrected chi connectivity index (χ3v) is 4.31. The standard InChI is InChI=1S/C16H16FN7O/c1-11(25)22-6-8-23(9-7-22)15-14-16(19-10-18-15)24(21-20-14)13-4-2-12(17)3-5-13/h2-5,10H,6-9H2,1H3. The lowest BCUT2D eigenvalue weighted by molar-refractivity contribution is -0.129. The molecule has 0 bridgehead atoms. The van der Waals surface area contributed by atoms with Crippen LogP contribution < -0.4 is 4.90 Å². The number of amides is 1. The second-order valence-corrected chi connectivity index (χ2v) is 5.84. The van der Waals surface area contributed by atoms with E-state index in [-0.39, 0.29) is 11.7 Å². The van der Waals surface area contributed by atoms with Crippen molar-refractivity contribution in [1.82, 2.24) is 29.9 Å². The van der Waals surface area contributed by atoms with Gasteiger partial charge in [0.05, 0.1) is 5.69 Å². The van der Waals surface area contributed by atoms with Crippen molar-refractivity contribution in [1.29, 1.82) is 0 Å². The van der Waals surface area contributed by atoms with Crippen LogP contribution in [0.4, 0.5) is 10.2 Å². The zero-order chi connectivity index (χ0) is 17.4. The number of halogens is 1. The van der Waals surface area contributed by atoms with Crippen molar-refractivity contribution in [2.24, 2.45) is 0 Å². The Labute approximate surface area is 142 Å². The van der Waals surface area contributed by atoms with Crippen molar-refractivity contribution in [2.75, 3.05) is 31.1 Å². The smallest absolute Gasteiger partial charge is 0.219 e. The summed E-state index contributed by atoms with van der Waals surface area (Å²) in [5, 5.41) is 8.36. The summed E-state index contributed by atoms with van der Waals surface area (Å²) < 4.78 is 14.7. The number of nitrogens with zero attached hydrogens (tertiary/aromatic N) is 7. The summed E-state index contributed by atoms with van der Waals surface area (Å²) in [5.41, 5.74) is 1.82. The number of hydrogen-bond acceptors (Lipinski definition) is 6. The van der Waals surface area contributed by atoms with E-state index in [0.29, 0.717) is 48.8 Å². The van der Waals surface area contributed by atoms with Crippen LogP contribution in [-0.4, -0.2) is 61.9 Å². The minimum atomic E-state index is -0.313. The van der Waals surface area contributed by atoms with Gasteiger partial charge in [-0.2, -0.15) is 4.68 Å². The number of anilines is 1. The van der Waals surface area contributed by atoms with Gasteiger partial charge in [-0.1, -0.05) is 5.21 Å². The van der Waals surface area contributed by atoms with Gasteiger partial charge < -0.3 is 9.80 Å². The third kappa shape index (κ3) is 2.77. The number of fused-ring (bicyclic) bond motifs is 1. The number of piperazine rings is 1. The largest absolute Gasteiger partial charge is 0.351 e. The minimum absolute atomic E-state index is 0.0785. The molecule has 0 atom stereocenters. The van der Waals surface area contributed by atoms with Crippen LogP contribution >= 0.6 is 0 Å². The normalized spacial score (nSPS) is 15.0. The van der Waals surface area contributed by atoms with Gasteiger partial charge in [-0.05, 0) is 24.3 Å². The van der Waals surface area contributed by atoms with Crippen molar-refractivity contribution in [3.8, 4) is 5.69 Å². The molecule has 1 fully saturated rings. The third-order valence-electron chi connectivity index (χ3n) is 4.31. The Morgan fingerprint density at radius 2 is 1.80 bits per heavy atom. The zero-order valence-electron chi connectivity index (χ0n) is 13.6. The van der Waals surface area contributed by atoms with Crippen LogP contribution in [0.5, 0.6) is 0 Å². The van der Waals surface area contributed by atoms with E-state index in [1.807, 2.05) is 4.90 Å². The molecule has 3 heterocycles. The molecule has 8 nitrogen and oxygen atoms in total. The molecule has 3 aromatic rings. The fraction of sp³-hybridized carbons (Fsp3) is 0.312. The van der Waals surface area contributed by atoms with Gasteiger partial charge in [-0.3, -0.25) is 4.79 Å². The SMILES string of the molecule is CC(=O)N1CCN(c2ncnc3c2nnn3-c2ccc(F)cc2)CC1. The fourth-order valence-corrected chi connectivity index (χ4v) is 2.96. The highest BCUT2D eigenvalue weighted by Gasteiger charge is 2.23. The van der Waals surface area contributed by atoms with E-state index in [0.717, 1.165) is 0 Å². The van der Waals surface area contributed by atoms with Crippen molar-refractivity contribution in [2.45, 2.75) is 6.92 Å². The molecule has 1 aliphatic rings. The van der Waals surface area contributed by atoms with Gasteiger partial charge in [0.15, 0.2) is 17.0 Å². The van der Waals surface area contributed by atoms with Crippen LogP contribution in [0.1, 0.15) is 6.92 Å². The summed E-state index contributed by atoms with van der Waals surface area (Å²) in [6, 6.07) is 5.98. The summed E-state index contributed by atoms with van der Waals surface area (Å²) in [6.45, 7) is 4.22. The van der Waals surface area contributed by atoms with Crippen LogP contribution in [0.15, 0.2) is 30.6 Å². The molecule has 0 N–H and O–H groups in total. The topological polar surface area (TPSA) is 80.0 Å². The summed E-state index contributed by atoms with van der Waals surface area (Å²) in [7, 11) is 0.